The van der Waals surface area contributed by atoms with Crippen LogP contribution in [0.5, 0.6) is 0 Å². The summed E-state index contributed by atoms with van der Waals surface area (Å²) in [6.45, 7) is 0. The van der Waals surface area contributed by atoms with Crippen LogP contribution in [-0.4, -0.2) is 19.1 Å². The van der Waals surface area contributed by atoms with Crippen LogP contribution in [0.3, 0.4) is 0 Å². The number of nitrogens with zero attached hydrogens (tertiary/aromatic N) is 4. The van der Waals surface area contributed by atoms with E-state index < -0.39 is 0 Å². The third-order valence-corrected chi connectivity index (χ3v) is 11.7. The molecule has 1 aliphatic carbocycles. The molecule has 12 rings (SSSR count). The molecule has 0 aliphatic heterocycles. The second kappa shape index (κ2) is 11.2. The zero-order valence-electron chi connectivity index (χ0n) is 29.3. The molecule has 0 saturated carbocycles. The minimum atomic E-state index is 0.185. The van der Waals surface area contributed by atoms with E-state index >= 15 is 0 Å². The highest BCUT2D eigenvalue weighted by molar-refractivity contribution is 6.13. The summed E-state index contributed by atoms with van der Waals surface area (Å²) in [5, 5.41) is 9.75. The predicted molar refractivity (Wildman–Crippen MR) is 226 cm³/mol. The predicted octanol–water partition coefficient (Wildman–Crippen LogP) is 12.6. The van der Waals surface area contributed by atoms with E-state index in [0.29, 0.717) is 0 Å². The summed E-state index contributed by atoms with van der Waals surface area (Å²) >= 11 is 0. The number of aromatic nitrogens is 4. The topological polar surface area (TPSA) is 35.6 Å². The summed E-state index contributed by atoms with van der Waals surface area (Å²) in [5.41, 5.74) is 13.2. The van der Waals surface area contributed by atoms with E-state index in [-0.39, 0.29) is 6.04 Å². The van der Waals surface area contributed by atoms with Crippen molar-refractivity contribution in [2.45, 2.75) is 12.5 Å². The zero-order valence-corrected chi connectivity index (χ0v) is 29.3. The maximum atomic E-state index is 4.81. The van der Waals surface area contributed by atoms with Crippen molar-refractivity contribution in [1.82, 2.24) is 19.1 Å². The van der Waals surface area contributed by atoms with Gasteiger partial charge in [-0.1, -0.05) is 103 Å². The summed E-state index contributed by atoms with van der Waals surface area (Å²) in [5.74, 6) is 0. The van der Waals surface area contributed by atoms with E-state index in [0.717, 1.165) is 28.5 Å². The molecule has 1 unspecified atom stereocenters. The van der Waals surface area contributed by atoms with Gasteiger partial charge in [-0.2, -0.15) is 0 Å². The first kappa shape index (κ1) is 29.5. The van der Waals surface area contributed by atoms with Crippen LogP contribution in [0.15, 0.2) is 170 Å². The molecular weight excluding hydrogens is 657 g/mol. The van der Waals surface area contributed by atoms with Crippen LogP contribution >= 0.6 is 0 Å². The van der Waals surface area contributed by atoms with Gasteiger partial charge in [-0.05, 0) is 94.7 Å². The van der Waals surface area contributed by atoms with Gasteiger partial charge in [0.15, 0.2) is 0 Å². The van der Waals surface area contributed by atoms with Crippen molar-refractivity contribution < 1.29 is 0 Å². The van der Waals surface area contributed by atoms with Gasteiger partial charge in [-0.25, -0.2) is 0 Å². The maximum Gasteiger partial charge on any atom is 0.0781 e. The van der Waals surface area contributed by atoms with Crippen molar-refractivity contribution in [2.75, 3.05) is 0 Å². The Morgan fingerprint density at radius 2 is 1.07 bits per heavy atom. The summed E-state index contributed by atoms with van der Waals surface area (Å²) < 4.78 is 4.94. The molecule has 0 spiro atoms. The molecule has 7 aromatic carbocycles. The first-order valence-corrected chi connectivity index (χ1v) is 18.7. The van der Waals surface area contributed by atoms with Crippen LogP contribution in [0.2, 0.25) is 0 Å². The van der Waals surface area contributed by atoms with Crippen LogP contribution in [0.25, 0.3) is 99.1 Å². The molecule has 4 heterocycles. The number of hydrogen-bond acceptors (Lipinski definition) is 2. The first-order valence-electron chi connectivity index (χ1n) is 18.7. The number of rotatable bonds is 3. The molecule has 1 aliphatic rings. The molecule has 0 radical (unpaired) electrons. The van der Waals surface area contributed by atoms with Crippen LogP contribution in [0, 0.1) is 0 Å². The van der Waals surface area contributed by atoms with Gasteiger partial charge in [0.2, 0.25) is 0 Å². The first-order chi connectivity index (χ1) is 26.8. The number of hydrogen-bond donors (Lipinski definition) is 0. The SMILES string of the molecule is C1=CC(n2c3ccccc3c3cc(-c4ccc5c(c4)c4ccccc4n5-c4ccc5ccc6cccnc6c5c4)ccc32)Cc2c1ccc1cccnc21. The Morgan fingerprint density at radius 3 is 1.91 bits per heavy atom. The average Bonchev–Trinajstić information content (AvgIpc) is 3.75. The average molecular weight is 689 g/mol. The van der Waals surface area contributed by atoms with Gasteiger partial charge in [-0.3, -0.25) is 9.97 Å². The number of allylic oxidation sites excluding steroid dienone is 1. The van der Waals surface area contributed by atoms with Crippen LogP contribution in [-0.2, 0) is 6.42 Å². The zero-order chi connectivity index (χ0) is 35.3. The van der Waals surface area contributed by atoms with Crippen molar-refractivity contribution in [2.24, 2.45) is 0 Å². The lowest BCUT2D eigenvalue weighted by molar-refractivity contribution is 0.637. The molecule has 4 aromatic heterocycles. The molecule has 0 saturated heterocycles. The van der Waals surface area contributed by atoms with Crippen LogP contribution < -0.4 is 0 Å². The minimum absolute atomic E-state index is 0.185. The molecule has 4 nitrogen and oxygen atoms in total. The molecule has 0 amide bonds. The fourth-order valence-electron chi connectivity index (χ4n) is 9.22. The number of benzene rings is 7. The highest BCUT2D eigenvalue weighted by atomic mass is 15.0. The van der Waals surface area contributed by atoms with Gasteiger partial charge in [0.25, 0.3) is 0 Å². The van der Waals surface area contributed by atoms with Gasteiger partial charge < -0.3 is 9.13 Å². The highest BCUT2D eigenvalue weighted by Crippen LogP contribution is 2.41. The third-order valence-electron chi connectivity index (χ3n) is 11.7. The molecule has 0 N–H and O–H groups in total. The largest absolute Gasteiger partial charge is 0.333 e. The molecule has 4 heteroatoms. The summed E-state index contributed by atoms with van der Waals surface area (Å²) in [6.07, 6.45) is 9.36. The Labute approximate surface area is 310 Å². The number of fused-ring (bicyclic) bond motifs is 12. The fraction of sp³-hybridized carbons (Fsp3) is 0.0400. The second-order valence-corrected chi connectivity index (χ2v) is 14.6. The minimum Gasteiger partial charge on any atom is -0.333 e. The van der Waals surface area contributed by atoms with Gasteiger partial charge in [0.1, 0.15) is 0 Å². The number of para-hydroxylation sites is 2. The van der Waals surface area contributed by atoms with Crippen LogP contribution in [0.1, 0.15) is 17.2 Å². The quantitative estimate of drug-likeness (QED) is 0.173. The van der Waals surface area contributed by atoms with Crippen molar-refractivity contribution in [3.8, 4) is 16.8 Å². The van der Waals surface area contributed by atoms with E-state index in [4.69, 9.17) is 9.97 Å². The molecule has 252 valence electrons. The third kappa shape index (κ3) is 4.25. The van der Waals surface area contributed by atoms with E-state index in [2.05, 4.69) is 161 Å². The molecule has 1 atom stereocenters. The Balaban J connectivity index is 1.00. The smallest absolute Gasteiger partial charge is 0.0781 e. The fourth-order valence-corrected chi connectivity index (χ4v) is 9.22. The Morgan fingerprint density at radius 1 is 0.463 bits per heavy atom. The van der Waals surface area contributed by atoms with E-state index in [1.807, 2.05) is 24.5 Å². The lowest BCUT2D eigenvalue weighted by atomic mass is 9.91. The van der Waals surface area contributed by atoms with Gasteiger partial charge in [0.05, 0.1) is 28.1 Å². The second-order valence-electron chi connectivity index (χ2n) is 14.6. The summed E-state index contributed by atoms with van der Waals surface area (Å²) in [6, 6.07) is 55.7. The molecular formula is C50H32N4. The maximum absolute atomic E-state index is 4.81. The summed E-state index contributed by atoms with van der Waals surface area (Å²) in [4.78, 5) is 9.59. The van der Waals surface area contributed by atoms with Crippen molar-refractivity contribution in [3.63, 3.8) is 0 Å². The Hall–Kier alpha value is -7.04. The molecule has 0 bridgehead atoms. The Bertz CT molecular complexity index is 3380. The lowest BCUT2D eigenvalue weighted by Gasteiger charge is -2.24. The lowest BCUT2D eigenvalue weighted by Crippen LogP contribution is -2.13. The molecule has 0 fully saturated rings. The Kier molecular flexibility index (Phi) is 6.14. The summed E-state index contributed by atoms with van der Waals surface area (Å²) in [7, 11) is 0. The number of pyridine rings is 2. The molecule has 54 heavy (non-hydrogen) atoms. The van der Waals surface area contributed by atoms with E-state index in [9.17, 15) is 0 Å². The van der Waals surface area contributed by atoms with Crippen molar-refractivity contribution in [1.29, 1.82) is 0 Å². The highest BCUT2D eigenvalue weighted by Gasteiger charge is 2.23. The van der Waals surface area contributed by atoms with Gasteiger partial charge in [-0.15, -0.1) is 0 Å². The van der Waals surface area contributed by atoms with Crippen molar-refractivity contribution >= 4 is 82.3 Å². The van der Waals surface area contributed by atoms with Crippen LogP contribution in [0.4, 0.5) is 0 Å². The van der Waals surface area contributed by atoms with Gasteiger partial charge in [0, 0.05) is 66.8 Å². The monoisotopic (exact) mass is 688 g/mol. The van der Waals surface area contributed by atoms with E-state index in [1.54, 1.807) is 0 Å². The van der Waals surface area contributed by atoms with Gasteiger partial charge >= 0.3 is 0 Å². The van der Waals surface area contributed by atoms with E-state index in [1.165, 1.54) is 82.0 Å². The standard InChI is InChI=1S/C50H32N4/c1-3-11-45-39(9-1)43-27-35(19-23-47(43)53(45)37-21-17-31-13-15-33-7-5-25-51-49(33)41(31)29-37)36-20-24-48-44(28-36)40-10-2-4-12-46(40)54(48)38-22-18-32-14-16-34-8-6-26-52-50(34)42(32)30-38/h1-29,38H,30H2. The normalized spacial score (nSPS) is 14.3. The molecule has 11 aromatic rings. The van der Waals surface area contributed by atoms with Crippen molar-refractivity contribution in [3.05, 3.63) is 181 Å².